The van der Waals surface area contributed by atoms with E-state index >= 15 is 0 Å². The van der Waals surface area contributed by atoms with Gasteiger partial charge in [-0.2, -0.15) is 11.8 Å². The summed E-state index contributed by atoms with van der Waals surface area (Å²) in [6.45, 7) is 2.34. The van der Waals surface area contributed by atoms with E-state index in [9.17, 15) is 0 Å². The van der Waals surface area contributed by atoms with Gasteiger partial charge in [-0.15, -0.1) is 0 Å². The first-order valence-electron chi connectivity index (χ1n) is 4.24. The Morgan fingerprint density at radius 2 is 2.10 bits per heavy atom. The van der Waals surface area contributed by atoms with Gasteiger partial charge in [0.15, 0.2) is 0 Å². The molecule has 0 amide bonds. The lowest BCUT2D eigenvalue weighted by atomic mass is 10.2. The molecule has 0 aromatic heterocycles. The molecule has 2 fully saturated rings. The van der Waals surface area contributed by atoms with Crippen molar-refractivity contribution in [3.05, 3.63) is 0 Å². The summed E-state index contributed by atoms with van der Waals surface area (Å²) in [7, 11) is 0. The Hall–Kier alpha value is 0.310. The monoisotopic (exact) mass is 157 g/mol. The third-order valence-corrected chi connectivity index (χ3v) is 3.73. The van der Waals surface area contributed by atoms with Crippen molar-refractivity contribution in [1.29, 1.82) is 0 Å². The zero-order valence-corrected chi connectivity index (χ0v) is 7.29. The molecule has 2 unspecified atom stereocenters. The van der Waals surface area contributed by atoms with E-state index in [0.717, 1.165) is 17.3 Å². The van der Waals surface area contributed by atoms with Crippen LogP contribution >= 0.6 is 11.8 Å². The Morgan fingerprint density at radius 3 is 2.60 bits per heavy atom. The fourth-order valence-corrected chi connectivity index (χ4v) is 2.71. The van der Waals surface area contributed by atoms with Crippen LogP contribution in [0.2, 0.25) is 0 Å². The van der Waals surface area contributed by atoms with Gasteiger partial charge in [-0.05, 0) is 25.0 Å². The summed E-state index contributed by atoms with van der Waals surface area (Å²) >= 11 is 2.11. The van der Waals surface area contributed by atoms with E-state index in [2.05, 4.69) is 24.0 Å². The van der Waals surface area contributed by atoms with Crippen LogP contribution in [0.3, 0.4) is 0 Å². The standard InChI is InChI=1S/C8H15NS/c1-6-8(4-5-10-6)9-7-2-3-7/h6-9H,2-5H2,1H3. The van der Waals surface area contributed by atoms with E-state index in [0.29, 0.717) is 0 Å². The zero-order valence-electron chi connectivity index (χ0n) is 6.47. The number of hydrogen-bond donors (Lipinski definition) is 1. The molecule has 1 aliphatic carbocycles. The molecule has 0 radical (unpaired) electrons. The predicted molar refractivity (Wildman–Crippen MR) is 46.5 cm³/mol. The molecule has 2 rings (SSSR count). The molecule has 1 heterocycles. The van der Waals surface area contributed by atoms with Gasteiger partial charge in [-0.3, -0.25) is 0 Å². The number of nitrogens with one attached hydrogen (secondary N) is 1. The quantitative estimate of drug-likeness (QED) is 0.654. The van der Waals surface area contributed by atoms with Gasteiger partial charge in [0.05, 0.1) is 0 Å². The van der Waals surface area contributed by atoms with Crippen LogP contribution in [0.15, 0.2) is 0 Å². The summed E-state index contributed by atoms with van der Waals surface area (Å²) < 4.78 is 0. The maximum absolute atomic E-state index is 3.68. The maximum Gasteiger partial charge on any atom is 0.0194 e. The van der Waals surface area contributed by atoms with E-state index < -0.39 is 0 Å². The van der Waals surface area contributed by atoms with Gasteiger partial charge in [-0.1, -0.05) is 6.92 Å². The van der Waals surface area contributed by atoms with E-state index in [-0.39, 0.29) is 0 Å². The van der Waals surface area contributed by atoms with E-state index in [1.165, 1.54) is 25.0 Å². The first kappa shape index (κ1) is 6.99. The zero-order chi connectivity index (χ0) is 6.97. The van der Waals surface area contributed by atoms with Gasteiger partial charge in [0.1, 0.15) is 0 Å². The Morgan fingerprint density at radius 1 is 1.30 bits per heavy atom. The van der Waals surface area contributed by atoms with Crippen molar-refractivity contribution >= 4 is 11.8 Å². The van der Waals surface area contributed by atoms with Crippen molar-refractivity contribution in [2.75, 3.05) is 5.75 Å². The first-order valence-corrected chi connectivity index (χ1v) is 5.29. The van der Waals surface area contributed by atoms with Crippen LogP contribution in [0, 0.1) is 0 Å². The smallest absolute Gasteiger partial charge is 0.0194 e. The van der Waals surface area contributed by atoms with Gasteiger partial charge in [0.2, 0.25) is 0 Å². The molecule has 1 nitrogen and oxygen atoms in total. The van der Waals surface area contributed by atoms with E-state index in [4.69, 9.17) is 0 Å². The number of thioether (sulfide) groups is 1. The predicted octanol–water partition coefficient (Wildman–Crippen LogP) is 1.63. The topological polar surface area (TPSA) is 12.0 Å². The lowest BCUT2D eigenvalue weighted by Crippen LogP contribution is -2.34. The molecule has 1 saturated carbocycles. The van der Waals surface area contributed by atoms with Crippen molar-refractivity contribution < 1.29 is 0 Å². The van der Waals surface area contributed by atoms with Gasteiger partial charge < -0.3 is 5.32 Å². The molecule has 1 aliphatic heterocycles. The van der Waals surface area contributed by atoms with Crippen LogP contribution < -0.4 is 5.32 Å². The summed E-state index contributed by atoms with van der Waals surface area (Å²) in [6, 6.07) is 1.73. The molecule has 10 heavy (non-hydrogen) atoms. The normalized spacial score (nSPS) is 40.5. The summed E-state index contributed by atoms with van der Waals surface area (Å²) in [5, 5.41) is 4.54. The fraction of sp³-hybridized carbons (Fsp3) is 1.00. The van der Waals surface area contributed by atoms with Gasteiger partial charge >= 0.3 is 0 Å². The second-order valence-corrected chi connectivity index (χ2v) is 4.90. The lowest BCUT2D eigenvalue weighted by Gasteiger charge is -2.15. The highest BCUT2D eigenvalue weighted by Gasteiger charge is 2.30. The van der Waals surface area contributed by atoms with Gasteiger partial charge in [-0.25, -0.2) is 0 Å². The van der Waals surface area contributed by atoms with Crippen LogP contribution in [0.4, 0.5) is 0 Å². The molecule has 2 aliphatic rings. The Bertz CT molecular complexity index is 122. The third kappa shape index (κ3) is 1.48. The highest BCUT2D eigenvalue weighted by atomic mass is 32.2. The maximum atomic E-state index is 3.68. The second kappa shape index (κ2) is 2.74. The van der Waals surface area contributed by atoms with Gasteiger partial charge in [0, 0.05) is 17.3 Å². The van der Waals surface area contributed by atoms with Crippen molar-refractivity contribution in [2.45, 2.75) is 43.5 Å². The van der Waals surface area contributed by atoms with Crippen molar-refractivity contribution in [3.63, 3.8) is 0 Å². The first-order chi connectivity index (χ1) is 4.86. The molecular formula is C8H15NS. The van der Waals surface area contributed by atoms with Crippen LogP contribution in [0.5, 0.6) is 0 Å². The minimum absolute atomic E-state index is 0.831. The average molecular weight is 157 g/mol. The lowest BCUT2D eigenvalue weighted by molar-refractivity contribution is 0.510. The highest BCUT2D eigenvalue weighted by molar-refractivity contribution is 8.00. The summed E-state index contributed by atoms with van der Waals surface area (Å²) in [5.74, 6) is 1.37. The fourth-order valence-electron chi connectivity index (χ4n) is 1.50. The number of hydrogen-bond acceptors (Lipinski definition) is 2. The molecule has 0 aromatic carbocycles. The van der Waals surface area contributed by atoms with Crippen molar-refractivity contribution in [3.8, 4) is 0 Å². The molecule has 1 N–H and O–H groups in total. The van der Waals surface area contributed by atoms with Crippen LogP contribution in [-0.2, 0) is 0 Å². The molecule has 1 saturated heterocycles. The molecule has 58 valence electrons. The van der Waals surface area contributed by atoms with Crippen molar-refractivity contribution in [1.82, 2.24) is 5.32 Å². The average Bonchev–Trinajstić information content (AvgIpc) is 2.62. The van der Waals surface area contributed by atoms with Gasteiger partial charge in [0.25, 0.3) is 0 Å². The SMILES string of the molecule is CC1SCCC1NC1CC1. The van der Waals surface area contributed by atoms with Crippen LogP contribution in [0.1, 0.15) is 26.2 Å². The third-order valence-electron chi connectivity index (χ3n) is 2.40. The van der Waals surface area contributed by atoms with Crippen LogP contribution in [-0.4, -0.2) is 23.1 Å². The Kier molecular flexibility index (Phi) is 1.92. The summed E-state index contributed by atoms with van der Waals surface area (Å²) in [4.78, 5) is 0. The van der Waals surface area contributed by atoms with E-state index in [1.54, 1.807) is 0 Å². The number of rotatable bonds is 2. The van der Waals surface area contributed by atoms with E-state index in [1.807, 2.05) is 0 Å². The Balaban J connectivity index is 1.79. The molecule has 0 bridgehead atoms. The second-order valence-electron chi connectivity index (χ2n) is 3.41. The molecule has 0 aromatic rings. The minimum atomic E-state index is 0.831. The molecular weight excluding hydrogens is 142 g/mol. The molecule has 2 atom stereocenters. The van der Waals surface area contributed by atoms with Crippen molar-refractivity contribution in [2.24, 2.45) is 0 Å². The summed E-state index contributed by atoms with van der Waals surface area (Å²) in [5.41, 5.74) is 0. The highest BCUT2D eigenvalue weighted by Crippen LogP contribution is 2.29. The largest absolute Gasteiger partial charge is 0.310 e. The van der Waals surface area contributed by atoms with Crippen LogP contribution in [0.25, 0.3) is 0 Å². The molecule has 2 heteroatoms. The summed E-state index contributed by atoms with van der Waals surface area (Å²) in [6.07, 6.45) is 4.24. The molecule has 0 spiro atoms. The Labute approximate surface area is 67.0 Å². The minimum Gasteiger partial charge on any atom is -0.310 e.